The summed E-state index contributed by atoms with van der Waals surface area (Å²) in [6.07, 6.45) is -2.79. The van der Waals surface area contributed by atoms with Gasteiger partial charge in [-0.15, -0.1) is 0 Å². The molecule has 1 heterocycles. The molecule has 0 atom stereocenters. The van der Waals surface area contributed by atoms with Gasteiger partial charge in [0.15, 0.2) is 12.1 Å². The van der Waals surface area contributed by atoms with Gasteiger partial charge in [0, 0.05) is 0 Å². The Balaban J connectivity index is 3.28. The third-order valence-corrected chi connectivity index (χ3v) is 1.41. The predicted octanol–water partition coefficient (Wildman–Crippen LogP) is 1.55. The van der Waals surface area contributed by atoms with Gasteiger partial charge in [-0.25, -0.2) is 18.2 Å². The minimum absolute atomic E-state index is 0.112. The maximum atomic E-state index is 12.7. The molecule has 13 heavy (non-hydrogen) atoms. The van der Waals surface area contributed by atoms with E-state index in [9.17, 15) is 18.0 Å². The highest BCUT2D eigenvalue weighted by Crippen LogP contribution is 2.24. The number of nitrogens with zero attached hydrogens (tertiary/aromatic N) is 1. The molecule has 0 bridgehead atoms. The molecule has 0 aliphatic heterocycles. The van der Waals surface area contributed by atoms with Crippen LogP contribution in [0.15, 0.2) is 6.07 Å². The zero-order valence-electron chi connectivity index (χ0n) is 6.30. The highest BCUT2D eigenvalue weighted by molar-refractivity contribution is 5.73. The first-order valence-electron chi connectivity index (χ1n) is 3.25. The number of nitrogens with two attached hydrogens (primary N) is 1. The Morgan fingerprint density at radius 2 is 2.15 bits per heavy atom. The Kier molecular flexibility index (Phi) is 2.50. The van der Waals surface area contributed by atoms with Crippen molar-refractivity contribution in [2.24, 2.45) is 0 Å². The fraction of sp³-hybridized carbons (Fsp3) is 0.143. The van der Waals surface area contributed by atoms with Gasteiger partial charge in [0.25, 0.3) is 6.43 Å². The third-order valence-electron chi connectivity index (χ3n) is 1.41. The maximum absolute atomic E-state index is 12.7. The molecule has 0 aliphatic rings. The van der Waals surface area contributed by atoms with Crippen molar-refractivity contribution < 1.29 is 18.0 Å². The van der Waals surface area contributed by atoms with Crippen LogP contribution >= 0.6 is 0 Å². The van der Waals surface area contributed by atoms with Crippen LogP contribution in [0.3, 0.4) is 0 Å². The molecule has 70 valence electrons. The summed E-state index contributed by atoms with van der Waals surface area (Å²) >= 11 is 0. The van der Waals surface area contributed by atoms with Crippen molar-refractivity contribution >= 4 is 12.1 Å². The van der Waals surface area contributed by atoms with E-state index in [1.54, 1.807) is 0 Å². The van der Waals surface area contributed by atoms with Crippen molar-refractivity contribution in [3.63, 3.8) is 0 Å². The minimum atomic E-state index is -2.90. The topological polar surface area (TPSA) is 56.0 Å². The van der Waals surface area contributed by atoms with Crippen molar-refractivity contribution in [3.05, 3.63) is 23.1 Å². The second-order valence-corrected chi connectivity index (χ2v) is 2.25. The molecule has 0 spiro atoms. The van der Waals surface area contributed by atoms with Crippen molar-refractivity contribution in [2.75, 3.05) is 5.73 Å². The summed E-state index contributed by atoms with van der Waals surface area (Å²) < 4.78 is 36.8. The van der Waals surface area contributed by atoms with E-state index >= 15 is 0 Å². The van der Waals surface area contributed by atoms with Gasteiger partial charge in [0.2, 0.25) is 0 Å². The Morgan fingerprint density at radius 3 is 2.62 bits per heavy atom. The molecule has 3 nitrogen and oxygen atoms in total. The molecular weight excluding hydrogens is 185 g/mol. The Bertz CT molecular complexity index is 341. The smallest absolute Gasteiger partial charge is 0.267 e. The number of halogens is 3. The van der Waals surface area contributed by atoms with Crippen molar-refractivity contribution in [1.82, 2.24) is 4.98 Å². The van der Waals surface area contributed by atoms with Crippen LogP contribution in [-0.2, 0) is 0 Å². The van der Waals surface area contributed by atoms with E-state index in [0.29, 0.717) is 6.07 Å². The van der Waals surface area contributed by atoms with E-state index in [1.165, 1.54) is 0 Å². The lowest BCUT2D eigenvalue weighted by molar-refractivity contribution is 0.111. The summed E-state index contributed by atoms with van der Waals surface area (Å²) in [5, 5.41) is 0. The van der Waals surface area contributed by atoms with Gasteiger partial charge in [-0.05, 0) is 6.07 Å². The molecule has 0 amide bonds. The van der Waals surface area contributed by atoms with E-state index in [4.69, 9.17) is 5.73 Å². The highest BCUT2D eigenvalue weighted by atomic mass is 19.3. The zero-order chi connectivity index (χ0) is 10.0. The van der Waals surface area contributed by atoms with Gasteiger partial charge in [0.1, 0.15) is 11.5 Å². The van der Waals surface area contributed by atoms with Gasteiger partial charge in [-0.2, -0.15) is 0 Å². The summed E-state index contributed by atoms with van der Waals surface area (Å²) in [7, 11) is 0. The van der Waals surface area contributed by atoms with Gasteiger partial charge >= 0.3 is 0 Å². The van der Waals surface area contributed by atoms with Crippen molar-refractivity contribution in [3.8, 4) is 0 Å². The van der Waals surface area contributed by atoms with Gasteiger partial charge in [-0.3, -0.25) is 4.79 Å². The van der Waals surface area contributed by atoms with Crippen molar-refractivity contribution in [1.29, 1.82) is 0 Å². The van der Waals surface area contributed by atoms with Gasteiger partial charge in [-0.1, -0.05) is 0 Å². The Labute approximate surface area is 71.4 Å². The Hall–Kier alpha value is -1.59. The molecule has 0 fully saturated rings. The van der Waals surface area contributed by atoms with E-state index in [-0.39, 0.29) is 6.29 Å². The van der Waals surface area contributed by atoms with E-state index < -0.39 is 29.3 Å². The first-order chi connectivity index (χ1) is 6.06. The van der Waals surface area contributed by atoms with Crippen LogP contribution in [0.2, 0.25) is 0 Å². The largest absolute Gasteiger partial charge is 0.383 e. The summed E-state index contributed by atoms with van der Waals surface area (Å²) in [5.74, 6) is -1.63. The first kappa shape index (κ1) is 9.50. The summed E-state index contributed by atoms with van der Waals surface area (Å²) in [6, 6.07) is 0.511. The molecular formula is C7H5F3N2O. The lowest BCUT2D eigenvalue weighted by Crippen LogP contribution is -2.03. The molecule has 1 aromatic heterocycles. The number of aldehydes is 1. The molecule has 2 N–H and O–H groups in total. The molecule has 0 aliphatic carbocycles. The first-order valence-corrected chi connectivity index (χ1v) is 3.25. The second-order valence-electron chi connectivity index (χ2n) is 2.25. The fourth-order valence-electron chi connectivity index (χ4n) is 0.790. The van der Waals surface area contributed by atoms with Gasteiger partial charge in [0.05, 0.1) is 5.56 Å². The van der Waals surface area contributed by atoms with Crippen LogP contribution < -0.4 is 5.73 Å². The average Bonchev–Trinajstić information content (AvgIpc) is 2.07. The summed E-state index contributed by atoms with van der Waals surface area (Å²) in [5.41, 5.74) is 3.78. The number of carbonyl (C=O) groups excluding carboxylic acids is 1. The number of nitrogen functional groups attached to an aromatic ring is 1. The minimum Gasteiger partial charge on any atom is -0.383 e. The van der Waals surface area contributed by atoms with E-state index in [1.807, 2.05) is 0 Å². The highest BCUT2D eigenvalue weighted by Gasteiger charge is 2.16. The van der Waals surface area contributed by atoms with Crippen LogP contribution in [0.5, 0.6) is 0 Å². The van der Waals surface area contributed by atoms with E-state index in [0.717, 1.165) is 0 Å². The fourth-order valence-corrected chi connectivity index (χ4v) is 0.790. The molecule has 1 rings (SSSR count). The second kappa shape index (κ2) is 3.42. The number of anilines is 1. The van der Waals surface area contributed by atoms with Crippen LogP contribution in [0, 0.1) is 5.82 Å². The van der Waals surface area contributed by atoms with Crippen molar-refractivity contribution in [2.45, 2.75) is 6.43 Å². The number of alkyl halides is 2. The van der Waals surface area contributed by atoms with Crippen LogP contribution in [-0.4, -0.2) is 11.3 Å². The third kappa shape index (κ3) is 1.77. The quantitative estimate of drug-likeness (QED) is 0.720. The number of hydrogen-bond donors (Lipinski definition) is 1. The maximum Gasteiger partial charge on any atom is 0.267 e. The SMILES string of the molecule is Nc1nc(C=O)c(F)cc1C(F)F. The number of aromatic nitrogens is 1. The molecule has 6 heteroatoms. The van der Waals surface area contributed by atoms with Gasteiger partial charge < -0.3 is 5.73 Å². The summed E-state index contributed by atoms with van der Waals surface area (Å²) in [4.78, 5) is 13.3. The molecule has 0 saturated heterocycles. The standard InChI is InChI=1S/C7H5F3N2O/c8-4-1-3(6(9)10)7(11)12-5(4)2-13/h1-2,6H,(H2,11,12). The average molecular weight is 190 g/mol. The Morgan fingerprint density at radius 1 is 1.54 bits per heavy atom. The van der Waals surface area contributed by atoms with Crippen LogP contribution in [0.25, 0.3) is 0 Å². The molecule has 0 saturated carbocycles. The molecule has 0 radical (unpaired) electrons. The number of rotatable bonds is 2. The zero-order valence-corrected chi connectivity index (χ0v) is 6.30. The lowest BCUT2D eigenvalue weighted by atomic mass is 10.2. The molecule has 0 aromatic carbocycles. The van der Waals surface area contributed by atoms with Crippen LogP contribution in [0.4, 0.5) is 19.0 Å². The lowest BCUT2D eigenvalue weighted by Gasteiger charge is -2.04. The number of hydrogen-bond acceptors (Lipinski definition) is 3. The summed E-state index contributed by atoms with van der Waals surface area (Å²) in [6.45, 7) is 0. The predicted molar refractivity (Wildman–Crippen MR) is 39.0 cm³/mol. The molecule has 0 unspecified atom stereocenters. The molecule has 1 aromatic rings. The normalized spacial score (nSPS) is 10.5. The van der Waals surface area contributed by atoms with E-state index in [2.05, 4.69) is 4.98 Å². The number of pyridine rings is 1. The number of carbonyl (C=O) groups is 1. The van der Waals surface area contributed by atoms with Crippen LogP contribution in [0.1, 0.15) is 22.5 Å². The monoisotopic (exact) mass is 190 g/mol.